The van der Waals surface area contributed by atoms with Gasteiger partial charge in [-0.3, -0.25) is 19.9 Å². The zero-order chi connectivity index (χ0) is 61.5. The third kappa shape index (κ3) is 9.95. The lowest BCUT2D eigenvalue weighted by atomic mass is 9.97. The van der Waals surface area contributed by atoms with Crippen LogP contribution >= 0.6 is 0 Å². The van der Waals surface area contributed by atoms with Crippen LogP contribution in [0.15, 0.2) is 297 Å². The lowest BCUT2D eigenvalue weighted by Crippen LogP contribution is -2.05. The Morgan fingerprint density at radius 1 is 0.407 bits per heavy atom. The van der Waals surface area contributed by atoms with Gasteiger partial charge in [0.15, 0.2) is 0 Å². The van der Waals surface area contributed by atoms with Crippen LogP contribution in [0.25, 0.3) is 145 Å². The fourth-order valence-electron chi connectivity index (χ4n) is 13.0. The molecule has 0 spiro atoms. The quantitative estimate of drug-likeness (QED) is 0.0654. The fraction of sp³-hybridized carbons (Fsp3) is 0.0122. The Kier molecular flexibility index (Phi) is 14.3. The number of halogens is 2. The number of hydrogen-bond acceptors (Lipinski definition) is 5. The SMILES string of the molecule is C=N/C(=C(\C=C/C)c1ccc2c3ccc(-c4cccnc4-c4ccccc4)cc3n(-c3cc(C#N)c(-n4c5cc(-c6cccnc6-c6ccccc6)ccc5c5ccc(-c6cccnc6-c6ccccc6)cc54)cc3-c3cc(F)cc(F)c3)c2c1)c1ccccc1. The van der Waals surface area contributed by atoms with Gasteiger partial charge in [-0.15, -0.1) is 0 Å². The lowest BCUT2D eigenvalue weighted by Gasteiger charge is -2.20. The van der Waals surface area contributed by atoms with Gasteiger partial charge in [0.2, 0.25) is 0 Å². The molecule has 15 aromatic rings. The number of nitriles is 1. The number of hydrogen-bond donors (Lipinski definition) is 0. The summed E-state index contributed by atoms with van der Waals surface area (Å²) in [7, 11) is 0. The third-order valence-corrected chi connectivity index (χ3v) is 17.0. The molecule has 0 unspecified atom stereocenters. The van der Waals surface area contributed by atoms with E-state index in [1.54, 1.807) is 18.6 Å². The minimum atomic E-state index is -0.752. The normalized spacial score (nSPS) is 11.8. The summed E-state index contributed by atoms with van der Waals surface area (Å²) in [5, 5.41) is 15.7. The van der Waals surface area contributed by atoms with Gasteiger partial charge in [-0.05, 0) is 108 Å². The highest BCUT2D eigenvalue weighted by Gasteiger charge is 2.26. The Bertz CT molecular complexity index is 5310. The van der Waals surface area contributed by atoms with E-state index in [1.807, 2.05) is 134 Å². The average molecular weight is 1170 g/mol. The molecular formula is C82H53F2N7. The molecule has 0 radical (unpaired) electrons. The lowest BCUT2D eigenvalue weighted by molar-refractivity contribution is 0.584. The molecule has 7 nitrogen and oxygen atoms in total. The van der Waals surface area contributed by atoms with Crippen LogP contribution in [-0.4, -0.2) is 30.8 Å². The van der Waals surface area contributed by atoms with Gasteiger partial charge >= 0.3 is 0 Å². The maximum atomic E-state index is 16.3. The van der Waals surface area contributed by atoms with Crippen molar-refractivity contribution in [2.24, 2.45) is 4.99 Å². The van der Waals surface area contributed by atoms with Crippen molar-refractivity contribution in [2.75, 3.05) is 0 Å². The number of aliphatic imine (C=N–C) groups is 1. The third-order valence-electron chi connectivity index (χ3n) is 17.0. The highest BCUT2D eigenvalue weighted by molar-refractivity contribution is 6.14. The van der Waals surface area contributed by atoms with Crippen LogP contribution in [0.1, 0.15) is 23.6 Å². The number of rotatable bonds is 13. The zero-order valence-electron chi connectivity index (χ0n) is 49.3. The molecule has 9 heteroatoms. The molecule has 5 aromatic heterocycles. The molecule has 0 amide bonds. The first kappa shape index (κ1) is 55.3. The largest absolute Gasteiger partial charge is 0.309 e. The molecule has 0 aliphatic heterocycles. The van der Waals surface area contributed by atoms with Crippen LogP contribution < -0.4 is 0 Å². The summed E-state index contributed by atoms with van der Waals surface area (Å²) in [5.41, 5.74) is 19.2. The zero-order valence-corrected chi connectivity index (χ0v) is 49.3. The van der Waals surface area contributed by atoms with Gasteiger partial charge < -0.3 is 9.13 Å². The van der Waals surface area contributed by atoms with E-state index in [9.17, 15) is 5.26 Å². The van der Waals surface area contributed by atoms with Gasteiger partial charge in [-0.25, -0.2) is 8.78 Å². The van der Waals surface area contributed by atoms with Gasteiger partial charge in [0.05, 0.1) is 61.8 Å². The van der Waals surface area contributed by atoms with Crippen molar-refractivity contribution in [3.05, 3.63) is 320 Å². The topological polar surface area (TPSA) is 84.7 Å². The Morgan fingerprint density at radius 3 is 1.25 bits per heavy atom. The molecule has 15 rings (SSSR count). The molecule has 0 N–H and O–H groups in total. The van der Waals surface area contributed by atoms with E-state index < -0.39 is 11.6 Å². The first-order valence-electron chi connectivity index (χ1n) is 30.0. The smallest absolute Gasteiger partial charge is 0.126 e. The van der Waals surface area contributed by atoms with Crippen LogP contribution in [-0.2, 0) is 0 Å². The Morgan fingerprint density at radius 2 is 0.824 bits per heavy atom. The van der Waals surface area contributed by atoms with Crippen molar-refractivity contribution in [3.63, 3.8) is 0 Å². The molecular weight excluding hydrogens is 1120 g/mol. The second-order valence-corrected chi connectivity index (χ2v) is 22.3. The number of aromatic nitrogens is 5. The van der Waals surface area contributed by atoms with Gasteiger partial charge in [-0.2, -0.15) is 5.26 Å². The average Bonchev–Trinajstić information content (AvgIpc) is 1.60. The summed E-state index contributed by atoms with van der Waals surface area (Å²) in [6, 6.07) is 88.0. The highest BCUT2D eigenvalue weighted by atomic mass is 19.1. The van der Waals surface area contributed by atoms with Gasteiger partial charge in [-0.1, -0.05) is 200 Å². The van der Waals surface area contributed by atoms with Gasteiger partial charge in [0, 0.05) is 96.3 Å². The number of fused-ring (bicyclic) bond motifs is 6. The molecule has 430 valence electrons. The molecule has 0 saturated carbocycles. The number of nitrogens with zero attached hydrogens (tertiary/aromatic N) is 7. The van der Waals surface area contributed by atoms with Crippen LogP contribution in [0.3, 0.4) is 0 Å². The van der Waals surface area contributed by atoms with E-state index in [0.29, 0.717) is 28.2 Å². The molecule has 5 heterocycles. The van der Waals surface area contributed by atoms with Crippen molar-refractivity contribution in [1.29, 1.82) is 5.26 Å². The predicted octanol–water partition coefficient (Wildman–Crippen LogP) is 21.0. The standard InChI is InChI=1S/C82H53F2N7/c1-3-19-64(79(86-2)52-20-8-4-9-21-52)56-31-35-70-71-38-34-59(67-30-18-41-89-82(67)55-26-14-7-15-27-55)47-77(71)91(76(70)44-56)78-48-61(51-85)73(50-72(78)60-42-62(83)49-63(84)43-60)90-74-45-57(65-28-16-39-87-80(65)53-22-10-5-11-23-53)32-36-68(74)69-37-33-58(46-75(69)90)66-29-17-40-88-81(66)54-24-12-6-13-25-54/h3-50H,2H2,1H3/b19-3-,79-64+. The Labute approximate surface area is 524 Å². The first-order valence-corrected chi connectivity index (χ1v) is 30.0. The molecule has 0 aliphatic rings. The van der Waals surface area contributed by atoms with Crippen molar-refractivity contribution in [1.82, 2.24) is 24.1 Å². The number of pyridine rings is 3. The monoisotopic (exact) mass is 1170 g/mol. The minimum absolute atomic E-state index is 0.267. The minimum Gasteiger partial charge on any atom is -0.309 e. The summed E-state index contributed by atoms with van der Waals surface area (Å²) >= 11 is 0. The van der Waals surface area contributed by atoms with Gasteiger partial charge in [0.1, 0.15) is 17.7 Å². The van der Waals surface area contributed by atoms with Crippen molar-refractivity contribution < 1.29 is 8.78 Å². The summed E-state index contributed by atoms with van der Waals surface area (Å²) in [6.07, 6.45) is 9.44. The van der Waals surface area contributed by atoms with Crippen molar-refractivity contribution in [2.45, 2.75) is 6.92 Å². The van der Waals surface area contributed by atoms with Gasteiger partial charge in [0.25, 0.3) is 0 Å². The molecule has 0 aliphatic carbocycles. The fourth-order valence-corrected chi connectivity index (χ4v) is 13.0. The second-order valence-electron chi connectivity index (χ2n) is 22.3. The second kappa shape index (κ2) is 23.5. The van der Waals surface area contributed by atoms with E-state index in [-0.39, 0.29) is 5.56 Å². The first-order chi connectivity index (χ1) is 44.8. The molecule has 91 heavy (non-hydrogen) atoms. The van der Waals surface area contributed by atoms with Crippen LogP contribution in [0, 0.1) is 23.0 Å². The van der Waals surface area contributed by atoms with E-state index in [4.69, 9.17) is 15.0 Å². The maximum Gasteiger partial charge on any atom is 0.126 e. The molecule has 0 saturated heterocycles. The van der Waals surface area contributed by atoms with Crippen LogP contribution in [0.2, 0.25) is 0 Å². The van der Waals surface area contributed by atoms with Crippen molar-refractivity contribution in [3.8, 4) is 95.7 Å². The maximum absolute atomic E-state index is 16.3. The van der Waals surface area contributed by atoms with E-state index in [0.717, 1.165) is 134 Å². The van der Waals surface area contributed by atoms with Crippen LogP contribution in [0.4, 0.5) is 8.78 Å². The number of benzene rings is 10. The Hall–Kier alpha value is -12.3. The molecule has 0 fully saturated rings. The van der Waals surface area contributed by atoms with Crippen LogP contribution in [0.5, 0.6) is 0 Å². The van der Waals surface area contributed by atoms with E-state index in [1.165, 1.54) is 12.1 Å². The summed E-state index contributed by atoms with van der Waals surface area (Å²) in [5.74, 6) is -1.50. The number of allylic oxidation sites excluding steroid dienone is 3. The molecule has 10 aromatic carbocycles. The summed E-state index contributed by atoms with van der Waals surface area (Å²) in [4.78, 5) is 19.4. The van der Waals surface area contributed by atoms with Crippen molar-refractivity contribution >= 4 is 61.6 Å². The predicted molar refractivity (Wildman–Crippen MR) is 369 cm³/mol. The molecule has 0 atom stereocenters. The van der Waals surface area contributed by atoms with E-state index >= 15 is 8.78 Å². The Balaban J connectivity index is 1.06. The summed E-state index contributed by atoms with van der Waals surface area (Å²) in [6.45, 7) is 6.04. The van der Waals surface area contributed by atoms with E-state index in [2.05, 4.69) is 154 Å². The highest BCUT2D eigenvalue weighted by Crippen LogP contribution is 2.46. The molecule has 0 bridgehead atoms. The summed E-state index contributed by atoms with van der Waals surface area (Å²) < 4.78 is 36.8.